The largest absolute Gasteiger partial charge is 0.335 e. The number of aromatic nitrogens is 2. The van der Waals surface area contributed by atoms with Crippen molar-refractivity contribution in [3.8, 4) is 5.69 Å². The second-order valence-electron chi connectivity index (χ2n) is 9.00. The lowest BCUT2D eigenvalue weighted by Gasteiger charge is -2.29. The third kappa shape index (κ3) is 3.76. The summed E-state index contributed by atoms with van der Waals surface area (Å²) in [5.41, 5.74) is 3.89. The molecule has 0 unspecified atom stereocenters. The molecule has 2 aliphatic rings. The van der Waals surface area contributed by atoms with Gasteiger partial charge in [-0.3, -0.25) is 14.3 Å². The first-order valence-corrected chi connectivity index (χ1v) is 11.7. The topological polar surface area (TPSA) is 41.4 Å². The molecule has 2 aromatic carbocycles. The average molecular weight is 417 g/mol. The molecule has 2 fully saturated rings. The highest BCUT2D eigenvalue weighted by Crippen LogP contribution is 2.29. The smallest absolute Gasteiger partial charge is 0.254 e. The third-order valence-corrected chi connectivity index (χ3v) is 7.18. The monoisotopic (exact) mass is 416 g/mol. The summed E-state index contributed by atoms with van der Waals surface area (Å²) in [4.78, 5) is 22.7. The van der Waals surface area contributed by atoms with Crippen LogP contribution < -0.4 is 0 Å². The van der Waals surface area contributed by atoms with Gasteiger partial charge in [0.25, 0.3) is 5.91 Å². The summed E-state index contributed by atoms with van der Waals surface area (Å²) in [6, 6.07) is 17.3. The van der Waals surface area contributed by atoms with Crippen LogP contribution in [-0.2, 0) is 0 Å². The van der Waals surface area contributed by atoms with Crippen molar-refractivity contribution in [1.82, 2.24) is 19.4 Å². The van der Waals surface area contributed by atoms with Crippen LogP contribution in [0.3, 0.4) is 0 Å². The van der Waals surface area contributed by atoms with Crippen molar-refractivity contribution in [1.29, 1.82) is 0 Å². The summed E-state index contributed by atoms with van der Waals surface area (Å²) in [7, 11) is 0. The lowest BCUT2D eigenvalue weighted by molar-refractivity contribution is 0.0688. The number of carbonyl (C=O) groups is 1. The van der Waals surface area contributed by atoms with Crippen LogP contribution in [-0.4, -0.2) is 57.0 Å². The van der Waals surface area contributed by atoms with Crippen molar-refractivity contribution in [2.45, 2.75) is 58.0 Å². The molecule has 3 aromatic rings. The highest BCUT2D eigenvalue weighted by atomic mass is 16.2. The van der Waals surface area contributed by atoms with Crippen molar-refractivity contribution in [3.05, 3.63) is 59.9 Å². The van der Waals surface area contributed by atoms with Crippen molar-refractivity contribution >= 4 is 16.9 Å². The maximum absolute atomic E-state index is 13.4. The van der Waals surface area contributed by atoms with E-state index >= 15 is 0 Å². The Labute approximate surface area is 184 Å². The van der Waals surface area contributed by atoms with E-state index in [1.54, 1.807) is 0 Å². The fourth-order valence-corrected chi connectivity index (χ4v) is 5.58. The number of likely N-dealkylation sites (N-methyl/N-ethyl adjacent to an activating group) is 1. The molecule has 1 saturated carbocycles. The predicted octanol–water partition coefficient (Wildman–Crippen LogP) is 4.81. The molecule has 1 saturated heterocycles. The molecule has 0 spiro atoms. The summed E-state index contributed by atoms with van der Waals surface area (Å²) in [6.07, 6.45) is 6.47. The number of fused-ring (bicyclic) bond motifs is 1. The Morgan fingerprint density at radius 3 is 2.55 bits per heavy atom. The van der Waals surface area contributed by atoms with E-state index in [0.717, 1.165) is 60.2 Å². The minimum atomic E-state index is 0.152. The van der Waals surface area contributed by atoms with Gasteiger partial charge in [-0.05, 0) is 69.5 Å². The molecular formula is C26H32N4O. The minimum absolute atomic E-state index is 0.152. The number of rotatable bonds is 5. The van der Waals surface area contributed by atoms with E-state index in [9.17, 15) is 4.79 Å². The van der Waals surface area contributed by atoms with Gasteiger partial charge in [-0.2, -0.15) is 0 Å². The van der Waals surface area contributed by atoms with Gasteiger partial charge in [-0.1, -0.05) is 25.0 Å². The van der Waals surface area contributed by atoms with E-state index in [-0.39, 0.29) is 5.91 Å². The number of benzene rings is 2. The maximum atomic E-state index is 13.4. The summed E-state index contributed by atoms with van der Waals surface area (Å²) in [6.45, 7) is 7.04. The second-order valence-corrected chi connectivity index (χ2v) is 9.00. The van der Waals surface area contributed by atoms with Crippen LogP contribution in [0.1, 0.15) is 55.2 Å². The van der Waals surface area contributed by atoms with Crippen LogP contribution in [0.15, 0.2) is 48.5 Å². The standard InChI is InChI=1S/C26H32N4O/c1-3-29(23-16-17-28(18-23)21-8-4-5-9-21)26(31)20-12-14-22(15-13-20)30-19(2)27-24-10-6-7-11-25(24)30/h6-7,10-15,21,23H,3-5,8-9,16-18H2,1-2H3/t23-/m1/s1. The van der Waals surface area contributed by atoms with Gasteiger partial charge in [0.15, 0.2) is 0 Å². The van der Waals surface area contributed by atoms with Gasteiger partial charge in [-0.15, -0.1) is 0 Å². The molecule has 5 heteroatoms. The SMILES string of the molecule is CCN(C(=O)c1ccc(-n2c(C)nc3ccccc32)cc1)[C@@H]1CCN(C2CCCC2)C1. The van der Waals surface area contributed by atoms with E-state index in [1.165, 1.54) is 25.7 Å². The molecule has 162 valence electrons. The summed E-state index contributed by atoms with van der Waals surface area (Å²) in [5, 5.41) is 0. The van der Waals surface area contributed by atoms with Crippen molar-refractivity contribution in [2.24, 2.45) is 0 Å². The van der Waals surface area contributed by atoms with Gasteiger partial charge in [0.2, 0.25) is 0 Å². The molecule has 1 aliphatic heterocycles. The molecule has 0 N–H and O–H groups in total. The van der Waals surface area contributed by atoms with Crippen LogP contribution in [0.4, 0.5) is 0 Å². The van der Waals surface area contributed by atoms with Crippen LogP contribution in [0.25, 0.3) is 16.7 Å². The van der Waals surface area contributed by atoms with Gasteiger partial charge >= 0.3 is 0 Å². The first-order valence-electron chi connectivity index (χ1n) is 11.7. The Morgan fingerprint density at radius 1 is 1.06 bits per heavy atom. The molecule has 5 nitrogen and oxygen atoms in total. The highest BCUT2D eigenvalue weighted by Gasteiger charge is 2.34. The summed E-state index contributed by atoms with van der Waals surface area (Å²) >= 11 is 0. The minimum Gasteiger partial charge on any atom is -0.335 e. The van der Waals surface area contributed by atoms with Crippen molar-refractivity contribution in [2.75, 3.05) is 19.6 Å². The zero-order chi connectivity index (χ0) is 21.4. The quantitative estimate of drug-likeness (QED) is 0.599. The number of para-hydroxylation sites is 2. The van der Waals surface area contributed by atoms with Crippen LogP contribution >= 0.6 is 0 Å². The second kappa shape index (κ2) is 8.46. The van der Waals surface area contributed by atoms with Crippen molar-refractivity contribution in [3.63, 3.8) is 0 Å². The highest BCUT2D eigenvalue weighted by molar-refractivity contribution is 5.94. The molecule has 2 heterocycles. The molecule has 1 amide bonds. The Hall–Kier alpha value is -2.66. The van der Waals surface area contributed by atoms with Crippen LogP contribution in [0, 0.1) is 6.92 Å². The van der Waals surface area contributed by atoms with Gasteiger partial charge in [0.05, 0.1) is 11.0 Å². The number of hydrogen-bond donors (Lipinski definition) is 0. The first-order chi connectivity index (χ1) is 15.2. The first kappa shape index (κ1) is 20.3. The average Bonchev–Trinajstić information content (AvgIpc) is 3.53. The van der Waals surface area contributed by atoms with E-state index in [1.807, 2.05) is 49.4 Å². The molecular weight excluding hydrogens is 384 g/mol. The molecule has 1 aromatic heterocycles. The molecule has 31 heavy (non-hydrogen) atoms. The number of hydrogen-bond acceptors (Lipinski definition) is 3. The van der Waals surface area contributed by atoms with Gasteiger partial charge in [0, 0.05) is 43.0 Å². The molecule has 5 rings (SSSR count). The van der Waals surface area contributed by atoms with Crippen LogP contribution in [0.5, 0.6) is 0 Å². The predicted molar refractivity (Wildman–Crippen MR) is 125 cm³/mol. The fraction of sp³-hybridized carbons (Fsp3) is 0.462. The number of nitrogens with zero attached hydrogens (tertiary/aromatic N) is 4. The number of imidazole rings is 1. The Bertz CT molecular complexity index is 1060. The Morgan fingerprint density at radius 2 is 1.81 bits per heavy atom. The number of likely N-dealkylation sites (tertiary alicyclic amines) is 1. The zero-order valence-electron chi connectivity index (χ0n) is 18.6. The van der Waals surface area contributed by atoms with Gasteiger partial charge in [0.1, 0.15) is 5.82 Å². The van der Waals surface area contributed by atoms with Crippen LogP contribution in [0.2, 0.25) is 0 Å². The number of amides is 1. The molecule has 0 radical (unpaired) electrons. The molecule has 0 bridgehead atoms. The summed E-state index contributed by atoms with van der Waals surface area (Å²) in [5.74, 6) is 1.10. The summed E-state index contributed by atoms with van der Waals surface area (Å²) < 4.78 is 2.15. The zero-order valence-corrected chi connectivity index (χ0v) is 18.6. The van der Waals surface area contributed by atoms with E-state index in [0.29, 0.717) is 6.04 Å². The molecule has 1 atom stereocenters. The van der Waals surface area contributed by atoms with E-state index < -0.39 is 0 Å². The lowest BCUT2D eigenvalue weighted by atomic mass is 10.1. The van der Waals surface area contributed by atoms with Gasteiger partial charge in [-0.25, -0.2) is 4.98 Å². The number of carbonyl (C=O) groups excluding carboxylic acids is 1. The number of aryl methyl sites for hydroxylation is 1. The maximum Gasteiger partial charge on any atom is 0.254 e. The fourth-order valence-electron chi connectivity index (χ4n) is 5.58. The van der Waals surface area contributed by atoms with E-state index in [4.69, 9.17) is 0 Å². The third-order valence-electron chi connectivity index (χ3n) is 7.18. The Kier molecular flexibility index (Phi) is 5.53. The van der Waals surface area contributed by atoms with E-state index in [2.05, 4.69) is 32.3 Å². The normalized spacial score (nSPS) is 20.0. The Balaban J connectivity index is 1.34. The lowest BCUT2D eigenvalue weighted by Crippen LogP contribution is -2.43. The van der Waals surface area contributed by atoms with Gasteiger partial charge < -0.3 is 4.90 Å². The molecule has 1 aliphatic carbocycles. The van der Waals surface area contributed by atoms with Crippen molar-refractivity contribution < 1.29 is 4.79 Å².